The molecule has 1 N–H and O–H groups in total. The van der Waals surface area contributed by atoms with Crippen LogP contribution in [0.3, 0.4) is 0 Å². The fraction of sp³-hybridized carbons (Fsp3) is 0.417. The van der Waals surface area contributed by atoms with Gasteiger partial charge in [-0.15, -0.1) is 11.3 Å². The van der Waals surface area contributed by atoms with Gasteiger partial charge in [-0.3, -0.25) is 14.3 Å². The zero-order valence-electron chi connectivity index (χ0n) is 19.7. The molecule has 1 aromatic carbocycles. The molecule has 2 aromatic heterocycles. The molecular formula is C24H28ClN5O3S. The molecule has 1 aliphatic rings. The Bertz CT molecular complexity index is 1200. The van der Waals surface area contributed by atoms with Crippen LogP contribution >= 0.6 is 22.9 Å². The number of carbonyl (C=O) groups is 2. The average Bonchev–Trinajstić information content (AvgIpc) is 3.41. The van der Waals surface area contributed by atoms with E-state index in [0.717, 1.165) is 23.5 Å². The second-order valence-electron chi connectivity index (χ2n) is 8.93. The van der Waals surface area contributed by atoms with Gasteiger partial charge in [0.15, 0.2) is 5.60 Å². The zero-order chi connectivity index (χ0) is 24.5. The zero-order valence-corrected chi connectivity index (χ0v) is 21.2. The Kier molecular flexibility index (Phi) is 6.95. The van der Waals surface area contributed by atoms with E-state index < -0.39 is 5.60 Å². The minimum atomic E-state index is -1.03. The number of halogens is 1. The highest BCUT2D eigenvalue weighted by atomic mass is 35.5. The number of piperidine rings is 1. The summed E-state index contributed by atoms with van der Waals surface area (Å²) in [5, 5.41) is 10.3. The monoisotopic (exact) mass is 501 g/mol. The number of rotatable bonds is 6. The van der Waals surface area contributed by atoms with Crippen LogP contribution in [0.4, 0.5) is 5.82 Å². The molecule has 3 aromatic rings. The van der Waals surface area contributed by atoms with Gasteiger partial charge in [-0.2, -0.15) is 5.10 Å². The highest BCUT2D eigenvalue weighted by Crippen LogP contribution is 2.33. The van der Waals surface area contributed by atoms with Gasteiger partial charge in [0.25, 0.3) is 11.8 Å². The summed E-state index contributed by atoms with van der Waals surface area (Å²) in [6.45, 7) is 6.61. The van der Waals surface area contributed by atoms with E-state index in [1.54, 1.807) is 43.1 Å². The maximum Gasteiger partial charge on any atom is 0.276 e. The number of hydrogen-bond donors (Lipinski definition) is 1. The first kappa shape index (κ1) is 24.2. The normalized spacial score (nSPS) is 14.8. The number of nitrogens with one attached hydrogen (secondary N) is 1. The van der Waals surface area contributed by atoms with Gasteiger partial charge in [0.1, 0.15) is 17.3 Å². The summed E-state index contributed by atoms with van der Waals surface area (Å²) in [6, 6.07) is 8.96. The smallest absolute Gasteiger partial charge is 0.276 e. The molecule has 0 atom stereocenters. The molecule has 0 radical (unpaired) electrons. The van der Waals surface area contributed by atoms with Crippen LogP contribution in [-0.2, 0) is 11.8 Å². The maximum absolute atomic E-state index is 13.2. The lowest BCUT2D eigenvalue weighted by atomic mass is 9.96. The van der Waals surface area contributed by atoms with Crippen molar-refractivity contribution in [2.75, 3.05) is 18.4 Å². The number of carbonyl (C=O) groups excluding carboxylic acids is 2. The van der Waals surface area contributed by atoms with Crippen LogP contribution in [0.5, 0.6) is 5.75 Å². The number of thiazole rings is 1. The SMILES string of the molecule is Cc1cc(NC(=O)c2csc(C3CCN(C(=O)C(C)(C)Oc4ccccc4Cl)CC3)n2)n(C)n1. The first-order valence-corrected chi connectivity index (χ1v) is 12.4. The number of benzene rings is 1. The van der Waals surface area contributed by atoms with Crippen molar-refractivity contribution in [3.63, 3.8) is 0 Å². The first-order valence-electron chi connectivity index (χ1n) is 11.1. The van der Waals surface area contributed by atoms with E-state index in [4.69, 9.17) is 16.3 Å². The molecule has 1 saturated heterocycles. The Hall–Kier alpha value is -2.91. The molecule has 1 fully saturated rings. The number of hydrogen-bond acceptors (Lipinski definition) is 6. The van der Waals surface area contributed by atoms with Gasteiger partial charge in [0, 0.05) is 37.5 Å². The molecule has 8 nitrogen and oxygen atoms in total. The lowest BCUT2D eigenvalue weighted by Crippen LogP contribution is -2.51. The number of amides is 2. The molecule has 34 heavy (non-hydrogen) atoms. The summed E-state index contributed by atoms with van der Waals surface area (Å²) < 4.78 is 7.59. The molecular weight excluding hydrogens is 474 g/mol. The van der Waals surface area contributed by atoms with E-state index in [1.165, 1.54) is 11.3 Å². The molecule has 0 spiro atoms. The number of nitrogens with zero attached hydrogens (tertiary/aromatic N) is 4. The Morgan fingerprint density at radius 1 is 1.24 bits per heavy atom. The molecule has 0 saturated carbocycles. The third-order valence-electron chi connectivity index (χ3n) is 5.85. The van der Waals surface area contributed by atoms with Crippen molar-refractivity contribution in [1.82, 2.24) is 19.7 Å². The van der Waals surface area contributed by atoms with Gasteiger partial charge in [-0.25, -0.2) is 4.98 Å². The van der Waals surface area contributed by atoms with Gasteiger partial charge in [-0.05, 0) is 45.7 Å². The van der Waals surface area contributed by atoms with E-state index in [-0.39, 0.29) is 17.7 Å². The summed E-state index contributed by atoms with van der Waals surface area (Å²) >= 11 is 7.68. The number of para-hydroxylation sites is 1. The van der Waals surface area contributed by atoms with Crippen molar-refractivity contribution in [3.8, 4) is 5.75 Å². The molecule has 180 valence electrons. The molecule has 3 heterocycles. The van der Waals surface area contributed by atoms with Crippen LogP contribution in [0.1, 0.15) is 53.8 Å². The quantitative estimate of drug-likeness (QED) is 0.531. The first-order chi connectivity index (χ1) is 16.1. The minimum Gasteiger partial charge on any atom is -0.476 e. The lowest BCUT2D eigenvalue weighted by molar-refractivity contribution is -0.146. The Morgan fingerprint density at radius 2 is 1.94 bits per heavy atom. The van der Waals surface area contributed by atoms with Crippen molar-refractivity contribution in [1.29, 1.82) is 0 Å². The molecule has 4 rings (SSSR count). The van der Waals surface area contributed by atoms with E-state index in [1.807, 2.05) is 30.0 Å². The Labute approximate surface area is 207 Å². The van der Waals surface area contributed by atoms with Crippen LogP contribution in [0, 0.1) is 6.92 Å². The Balaban J connectivity index is 1.34. The van der Waals surface area contributed by atoms with Crippen LogP contribution in [-0.4, -0.2) is 50.2 Å². The Morgan fingerprint density at radius 3 is 2.59 bits per heavy atom. The molecule has 0 unspecified atom stereocenters. The summed E-state index contributed by atoms with van der Waals surface area (Å²) in [4.78, 5) is 32.2. The van der Waals surface area contributed by atoms with Crippen molar-refractivity contribution in [2.24, 2.45) is 7.05 Å². The van der Waals surface area contributed by atoms with Crippen molar-refractivity contribution in [3.05, 3.63) is 57.1 Å². The molecule has 0 bridgehead atoms. The number of likely N-dealkylation sites (tertiary alicyclic amines) is 1. The highest BCUT2D eigenvalue weighted by Gasteiger charge is 2.37. The molecule has 1 aliphatic heterocycles. The van der Waals surface area contributed by atoms with Crippen molar-refractivity contribution >= 4 is 40.6 Å². The fourth-order valence-electron chi connectivity index (χ4n) is 4.04. The lowest BCUT2D eigenvalue weighted by Gasteiger charge is -2.36. The van der Waals surface area contributed by atoms with Gasteiger partial charge in [-0.1, -0.05) is 23.7 Å². The van der Waals surface area contributed by atoms with Crippen LogP contribution < -0.4 is 10.1 Å². The van der Waals surface area contributed by atoms with Gasteiger partial charge < -0.3 is 15.0 Å². The summed E-state index contributed by atoms with van der Waals surface area (Å²) in [5.41, 5.74) is 0.194. The third-order valence-corrected chi connectivity index (χ3v) is 7.17. The minimum absolute atomic E-state index is 0.0726. The number of aromatic nitrogens is 3. The number of ether oxygens (including phenoxy) is 1. The second kappa shape index (κ2) is 9.76. The number of aryl methyl sites for hydroxylation is 2. The van der Waals surface area contributed by atoms with Crippen LogP contribution in [0.2, 0.25) is 5.02 Å². The fourth-order valence-corrected chi connectivity index (χ4v) is 5.19. The predicted molar refractivity (Wildman–Crippen MR) is 133 cm³/mol. The van der Waals surface area contributed by atoms with Crippen LogP contribution in [0.25, 0.3) is 0 Å². The highest BCUT2D eigenvalue weighted by molar-refractivity contribution is 7.10. The number of anilines is 1. The van der Waals surface area contributed by atoms with E-state index in [0.29, 0.717) is 35.4 Å². The van der Waals surface area contributed by atoms with Gasteiger partial charge >= 0.3 is 0 Å². The average molecular weight is 502 g/mol. The second-order valence-corrected chi connectivity index (χ2v) is 10.2. The molecule has 2 amide bonds. The summed E-state index contributed by atoms with van der Waals surface area (Å²) in [5.74, 6) is 1.01. The van der Waals surface area contributed by atoms with Crippen LogP contribution in [0.15, 0.2) is 35.7 Å². The van der Waals surface area contributed by atoms with Crippen molar-refractivity contribution < 1.29 is 14.3 Å². The molecule has 10 heteroatoms. The van der Waals surface area contributed by atoms with E-state index in [2.05, 4.69) is 15.4 Å². The van der Waals surface area contributed by atoms with E-state index >= 15 is 0 Å². The van der Waals surface area contributed by atoms with Gasteiger partial charge in [0.05, 0.1) is 15.7 Å². The largest absolute Gasteiger partial charge is 0.476 e. The topological polar surface area (TPSA) is 89.4 Å². The molecule has 0 aliphatic carbocycles. The van der Waals surface area contributed by atoms with Crippen molar-refractivity contribution in [2.45, 2.75) is 45.1 Å². The predicted octanol–water partition coefficient (Wildman–Crippen LogP) is 4.65. The summed E-state index contributed by atoms with van der Waals surface area (Å²) in [7, 11) is 1.78. The maximum atomic E-state index is 13.2. The standard InChI is InChI=1S/C24H28ClN5O3S/c1-15-13-20(29(4)28-15)27-21(31)18-14-34-22(26-18)16-9-11-30(12-10-16)23(32)24(2,3)33-19-8-6-5-7-17(19)25/h5-8,13-14,16H,9-12H2,1-4H3,(H,27,31). The van der Waals surface area contributed by atoms with Gasteiger partial charge in [0.2, 0.25) is 0 Å². The summed E-state index contributed by atoms with van der Waals surface area (Å²) in [6.07, 6.45) is 1.56. The van der Waals surface area contributed by atoms with E-state index in [9.17, 15) is 9.59 Å². The third kappa shape index (κ3) is 5.26.